The minimum atomic E-state index is -0.659. The number of thioether (sulfide) groups is 1. The van der Waals surface area contributed by atoms with Crippen LogP contribution in [0.5, 0.6) is 0 Å². The Morgan fingerprint density at radius 3 is 2.57 bits per heavy atom. The Morgan fingerprint density at radius 1 is 1.35 bits per heavy atom. The summed E-state index contributed by atoms with van der Waals surface area (Å²) < 4.78 is 0. The number of rotatable bonds is 5. The first-order valence-corrected chi connectivity index (χ1v) is 7.90. The number of carbonyl (C=O) groups excluding carboxylic acids is 1. The van der Waals surface area contributed by atoms with Crippen LogP contribution in [0.15, 0.2) is 46.2 Å². The third-order valence-electron chi connectivity index (χ3n) is 3.25. The maximum atomic E-state index is 12.3. The van der Waals surface area contributed by atoms with Gasteiger partial charge in [0.15, 0.2) is 0 Å². The Balaban J connectivity index is 2.20. The Hall–Kier alpha value is -2.61. The molecule has 8 heteroatoms. The average Bonchev–Trinajstić information content (AvgIpc) is 2.55. The lowest BCUT2D eigenvalue weighted by Gasteiger charge is -2.17. The number of hydrogen-bond donors (Lipinski definition) is 1. The number of pyridine rings is 1. The highest BCUT2D eigenvalue weighted by molar-refractivity contribution is 7.98. The van der Waals surface area contributed by atoms with Crippen LogP contribution in [0.2, 0.25) is 0 Å². The van der Waals surface area contributed by atoms with E-state index in [1.165, 1.54) is 4.90 Å². The van der Waals surface area contributed by atoms with E-state index >= 15 is 0 Å². The molecular weight excluding hydrogens is 318 g/mol. The lowest BCUT2D eigenvalue weighted by Crippen LogP contribution is -2.31. The molecule has 0 spiro atoms. The van der Waals surface area contributed by atoms with Gasteiger partial charge >= 0.3 is 0 Å². The predicted octanol–water partition coefficient (Wildman–Crippen LogP) is 2.28. The smallest absolute Gasteiger partial charge is 0.286 e. The van der Waals surface area contributed by atoms with E-state index < -0.39 is 16.4 Å². The summed E-state index contributed by atoms with van der Waals surface area (Å²) in [5, 5.41) is 10.8. The Kier molecular flexibility index (Phi) is 5.17. The Labute approximate surface area is 136 Å². The molecule has 1 aromatic heterocycles. The predicted molar refractivity (Wildman–Crippen MR) is 87.7 cm³/mol. The molecule has 0 aliphatic rings. The number of H-pyrrole nitrogens is 1. The molecule has 0 bridgehead atoms. The minimum Gasteiger partial charge on any atom is -0.337 e. The fourth-order valence-corrected chi connectivity index (χ4v) is 2.43. The molecule has 2 rings (SSSR count). The van der Waals surface area contributed by atoms with Crippen molar-refractivity contribution in [2.24, 2.45) is 0 Å². The molecule has 0 aliphatic heterocycles. The van der Waals surface area contributed by atoms with E-state index in [4.69, 9.17) is 0 Å². The van der Waals surface area contributed by atoms with Gasteiger partial charge in [0.25, 0.3) is 17.2 Å². The number of nitrogens with zero attached hydrogens (tertiary/aromatic N) is 2. The van der Waals surface area contributed by atoms with Crippen LogP contribution in [-0.4, -0.2) is 34.0 Å². The monoisotopic (exact) mass is 333 g/mol. The lowest BCUT2D eigenvalue weighted by molar-refractivity contribution is -0.385. The first kappa shape index (κ1) is 16.8. The second kappa shape index (κ2) is 7.10. The number of amides is 1. The van der Waals surface area contributed by atoms with Gasteiger partial charge in [-0.15, -0.1) is 11.8 Å². The number of hydrogen-bond acceptors (Lipinski definition) is 5. The molecule has 0 fully saturated rings. The van der Waals surface area contributed by atoms with Gasteiger partial charge in [0, 0.05) is 24.6 Å². The van der Waals surface area contributed by atoms with Crippen molar-refractivity contribution in [2.45, 2.75) is 11.4 Å². The normalized spacial score (nSPS) is 10.3. The number of benzene rings is 1. The van der Waals surface area contributed by atoms with Gasteiger partial charge in [-0.2, -0.15) is 0 Å². The first-order chi connectivity index (χ1) is 10.9. The molecule has 120 valence electrons. The molecule has 1 N–H and O–H groups in total. The van der Waals surface area contributed by atoms with Crippen molar-refractivity contribution in [1.82, 2.24) is 9.88 Å². The summed E-state index contributed by atoms with van der Waals surface area (Å²) in [7, 11) is 1.54. The van der Waals surface area contributed by atoms with E-state index in [-0.39, 0.29) is 11.3 Å². The molecule has 0 atom stereocenters. The molecule has 1 amide bonds. The lowest BCUT2D eigenvalue weighted by atomic mass is 10.2. The summed E-state index contributed by atoms with van der Waals surface area (Å²) in [5.74, 6) is -0.566. The van der Waals surface area contributed by atoms with Gasteiger partial charge in [0.1, 0.15) is 5.56 Å². The van der Waals surface area contributed by atoms with Crippen LogP contribution < -0.4 is 5.56 Å². The van der Waals surface area contributed by atoms with Crippen molar-refractivity contribution in [2.75, 3.05) is 13.3 Å². The van der Waals surface area contributed by atoms with E-state index in [1.807, 2.05) is 30.5 Å². The molecule has 2 aromatic rings. The van der Waals surface area contributed by atoms with Gasteiger partial charge in [-0.25, -0.2) is 0 Å². The largest absolute Gasteiger partial charge is 0.337 e. The number of aromatic nitrogens is 1. The van der Waals surface area contributed by atoms with Crippen LogP contribution in [0.3, 0.4) is 0 Å². The average molecular weight is 333 g/mol. The Bertz CT molecular complexity index is 786. The molecule has 0 saturated heterocycles. The van der Waals surface area contributed by atoms with Crippen LogP contribution in [0.1, 0.15) is 15.9 Å². The van der Waals surface area contributed by atoms with Gasteiger partial charge in [0.05, 0.1) is 11.1 Å². The molecule has 23 heavy (non-hydrogen) atoms. The van der Waals surface area contributed by atoms with Gasteiger partial charge in [-0.1, -0.05) is 12.1 Å². The van der Waals surface area contributed by atoms with Crippen LogP contribution in [0.25, 0.3) is 0 Å². The molecule has 0 aliphatic carbocycles. The molecule has 0 radical (unpaired) electrons. The SMILES string of the molecule is CSc1ccc(CN(C)C(=O)c2cc([N+](=O)[O-])c[nH]c2=O)cc1. The minimum absolute atomic E-state index is 0.248. The van der Waals surface area contributed by atoms with Gasteiger partial charge in [0.2, 0.25) is 0 Å². The maximum Gasteiger partial charge on any atom is 0.286 e. The number of carbonyl (C=O) groups is 1. The summed E-state index contributed by atoms with van der Waals surface area (Å²) in [4.78, 5) is 38.9. The van der Waals surface area contributed by atoms with Crippen LogP contribution in [-0.2, 0) is 6.54 Å². The zero-order chi connectivity index (χ0) is 17.0. The molecule has 0 unspecified atom stereocenters. The number of aromatic amines is 1. The Morgan fingerprint density at radius 2 is 2.00 bits per heavy atom. The quantitative estimate of drug-likeness (QED) is 0.514. The standard InChI is InChI=1S/C15H15N3O4S/c1-17(9-10-3-5-12(23-2)6-4-10)15(20)13-7-11(18(21)22)8-16-14(13)19/h3-8H,9H2,1-2H3,(H,16,19). The molecule has 1 heterocycles. The number of nitrogens with one attached hydrogen (secondary N) is 1. The topological polar surface area (TPSA) is 96.3 Å². The fraction of sp³-hybridized carbons (Fsp3) is 0.200. The van der Waals surface area contributed by atoms with Crippen molar-refractivity contribution >= 4 is 23.4 Å². The summed E-state index contributed by atoms with van der Waals surface area (Å²) in [6.07, 6.45) is 2.94. The molecule has 7 nitrogen and oxygen atoms in total. The van der Waals surface area contributed by atoms with Crippen LogP contribution >= 0.6 is 11.8 Å². The highest BCUT2D eigenvalue weighted by Gasteiger charge is 2.19. The highest BCUT2D eigenvalue weighted by Crippen LogP contribution is 2.16. The van der Waals surface area contributed by atoms with E-state index in [9.17, 15) is 19.7 Å². The van der Waals surface area contributed by atoms with Crippen LogP contribution in [0, 0.1) is 10.1 Å². The van der Waals surface area contributed by atoms with E-state index in [2.05, 4.69) is 4.98 Å². The maximum absolute atomic E-state index is 12.3. The second-order valence-electron chi connectivity index (χ2n) is 4.87. The van der Waals surface area contributed by atoms with E-state index in [0.717, 1.165) is 22.7 Å². The zero-order valence-corrected chi connectivity index (χ0v) is 13.4. The van der Waals surface area contributed by atoms with Crippen molar-refractivity contribution in [3.8, 4) is 0 Å². The van der Waals surface area contributed by atoms with Gasteiger partial charge in [-0.3, -0.25) is 19.7 Å². The number of nitro groups is 1. The third-order valence-corrected chi connectivity index (χ3v) is 4.00. The summed E-state index contributed by atoms with van der Waals surface area (Å²) in [5.41, 5.74) is -0.321. The summed E-state index contributed by atoms with van der Waals surface area (Å²) in [6, 6.07) is 8.67. The van der Waals surface area contributed by atoms with Crippen molar-refractivity contribution in [3.63, 3.8) is 0 Å². The first-order valence-electron chi connectivity index (χ1n) is 6.68. The zero-order valence-electron chi connectivity index (χ0n) is 12.6. The van der Waals surface area contributed by atoms with Crippen LogP contribution in [0.4, 0.5) is 5.69 Å². The molecule has 0 saturated carbocycles. The summed E-state index contributed by atoms with van der Waals surface area (Å²) >= 11 is 1.62. The molecular formula is C15H15N3O4S. The van der Waals surface area contributed by atoms with E-state index in [1.54, 1.807) is 18.8 Å². The van der Waals surface area contributed by atoms with Crippen molar-refractivity contribution in [1.29, 1.82) is 0 Å². The fourth-order valence-electron chi connectivity index (χ4n) is 2.02. The van der Waals surface area contributed by atoms with Crippen molar-refractivity contribution in [3.05, 3.63) is 68.1 Å². The van der Waals surface area contributed by atoms with E-state index in [0.29, 0.717) is 6.54 Å². The third kappa shape index (κ3) is 3.98. The summed E-state index contributed by atoms with van der Waals surface area (Å²) in [6.45, 7) is 0.301. The van der Waals surface area contributed by atoms with Crippen molar-refractivity contribution < 1.29 is 9.72 Å². The van der Waals surface area contributed by atoms with Gasteiger partial charge < -0.3 is 9.88 Å². The highest BCUT2D eigenvalue weighted by atomic mass is 32.2. The second-order valence-corrected chi connectivity index (χ2v) is 5.75. The molecule has 1 aromatic carbocycles. The van der Waals surface area contributed by atoms with Gasteiger partial charge in [-0.05, 0) is 24.0 Å².